The highest BCUT2D eigenvalue weighted by Crippen LogP contribution is 2.27. The molecule has 1 heterocycles. The summed E-state index contributed by atoms with van der Waals surface area (Å²) in [4.78, 5) is 0. The number of benzene rings is 1. The molecule has 1 aromatic carbocycles. The van der Waals surface area contributed by atoms with Crippen LogP contribution in [0.2, 0.25) is 0 Å². The van der Waals surface area contributed by atoms with Crippen LogP contribution < -0.4 is 10.1 Å². The van der Waals surface area contributed by atoms with Crippen molar-refractivity contribution in [3.63, 3.8) is 0 Å². The van der Waals surface area contributed by atoms with E-state index in [1.807, 2.05) is 0 Å². The van der Waals surface area contributed by atoms with Crippen molar-refractivity contribution in [1.29, 1.82) is 0 Å². The molecule has 0 fully saturated rings. The number of fused-ring (bicyclic) bond motifs is 1. The fourth-order valence-corrected chi connectivity index (χ4v) is 1.91. The van der Waals surface area contributed by atoms with E-state index in [1.54, 1.807) is 0 Å². The molecular weight excluding hydrogens is 186 g/mol. The highest BCUT2D eigenvalue weighted by molar-refractivity contribution is 5.41. The summed E-state index contributed by atoms with van der Waals surface area (Å²) >= 11 is 0. The van der Waals surface area contributed by atoms with Crippen molar-refractivity contribution in [2.24, 2.45) is 0 Å². The minimum Gasteiger partial charge on any atom is -0.488 e. The summed E-state index contributed by atoms with van der Waals surface area (Å²) < 4.78 is 5.96. The van der Waals surface area contributed by atoms with E-state index >= 15 is 0 Å². The van der Waals surface area contributed by atoms with Crippen LogP contribution in [0.1, 0.15) is 31.9 Å². The van der Waals surface area contributed by atoms with E-state index in [2.05, 4.69) is 44.3 Å². The van der Waals surface area contributed by atoms with Gasteiger partial charge in [0.25, 0.3) is 0 Å². The molecule has 2 rings (SSSR count). The summed E-state index contributed by atoms with van der Waals surface area (Å²) in [5.74, 6) is 1.03. The van der Waals surface area contributed by atoms with Gasteiger partial charge in [-0.2, -0.15) is 0 Å². The minimum absolute atomic E-state index is 0.118. The molecule has 0 amide bonds. The Balaban J connectivity index is 2.31. The lowest BCUT2D eigenvalue weighted by atomic mass is 10.00. The van der Waals surface area contributed by atoms with Crippen molar-refractivity contribution in [1.82, 2.24) is 5.32 Å². The Morgan fingerprint density at radius 3 is 2.80 bits per heavy atom. The lowest BCUT2D eigenvalue weighted by molar-refractivity contribution is 0.129. The standard InChI is InChI=1S/C13H19NO/c1-13(2,3)15-12-6-4-5-10-7-8-14-9-11(10)12/h4-6,14H,7-9H2,1-3H3. The Bertz CT molecular complexity index is 352. The molecule has 0 unspecified atom stereocenters. The number of ether oxygens (including phenoxy) is 1. The zero-order valence-corrected chi connectivity index (χ0v) is 9.76. The SMILES string of the molecule is CC(C)(C)Oc1cccc2c1CNCC2. The van der Waals surface area contributed by atoms with Crippen LogP contribution in [-0.4, -0.2) is 12.1 Å². The van der Waals surface area contributed by atoms with Crippen LogP contribution in [0, 0.1) is 0 Å². The Morgan fingerprint density at radius 1 is 1.27 bits per heavy atom. The third-order valence-electron chi connectivity index (χ3n) is 2.52. The van der Waals surface area contributed by atoms with E-state index in [-0.39, 0.29) is 5.60 Å². The largest absolute Gasteiger partial charge is 0.488 e. The van der Waals surface area contributed by atoms with E-state index in [0.717, 1.165) is 25.3 Å². The molecule has 0 radical (unpaired) electrons. The number of hydrogen-bond donors (Lipinski definition) is 1. The predicted molar refractivity (Wildman–Crippen MR) is 62.2 cm³/mol. The Labute approximate surface area is 91.6 Å². The summed E-state index contributed by atoms with van der Waals surface area (Å²) in [6, 6.07) is 6.36. The van der Waals surface area contributed by atoms with E-state index in [0.29, 0.717) is 0 Å². The fourth-order valence-electron chi connectivity index (χ4n) is 1.91. The Kier molecular flexibility index (Phi) is 2.70. The molecule has 1 aliphatic rings. The molecule has 1 aromatic rings. The maximum absolute atomic E-state index is 5.96. The summed E-state index contributed by atoms with van der Waals surface area (Å²) in [6.45, 7) is 8.27. The first kappa shape index (κ1) is 10.5. The van der Waals surface area contributed by atoms with Crippen LogP contribution in [0.15, 0.2) is 18.2 Å². The molecule has 0 bridgehead atoms. The average Bonchev–Trinajstić information content (AvgIpc) is 2.16. The van der Waals surface area contributed by atoms with Crippen LogP contribution in [0.4, 0.5) is 0 Å². The van der Waals surface area contributed by atoms with E-state index < -0.39 is 0 Å². The van der Waals surface area contributed by atoms with Gasteiger partial charge in [0, 0.05) is 12.1 Å². The van der Waals surface area contributed by atoms with Crippen molar-refractivity contribution in [3.05, 3.63) is 29.3 Å². The smallest absolute Gasteiger partial charge is 0.124 e. The maximum atomic E-state index is 5.96. The summed E-state index contributed by atoms with van der Waals surface area (Å²) in [5.41, 5.74) is 2.64. The second-order valence-corrected chi connectivity index (χ2v) is 5.04. The minimum atomic E-state index is -0.118. The van der Waals surface area contributed by atoms with Crippen molar-refractivity contribution < 1.29 is 4.74 Å². The predicted octanol–water partition coefficient (Wildman–Crippen LogP) is 2.51. The second kappa shape index (κ2) is 3.86. The van der Waals surface area contributed by atoms with Gasteiger partial charge in [-0.05, 0) is 45.4 Å². The Morgan fingerprint density at radius 2 is 2.07 bits per heavy atom. The molecule has 15 heavy (non-hydrogen) atoms. The van der Waals surface area contributed by atoms with Gasteiger partial charge in [0.05, 0.1) is 0 Å². The van der Waals surface area contributed by atoms with Gasteiger partial charge in [-0.25, -0.2) is 0 Å². The molecule has 0 spiro atoms. The third-order valence-corrected chi connectivity index (χ3v) is 2.52. The first-order valence-corrected chi connectivity index (χ1v) is 5.57. The number of hydrogen-bond acceptors (Lipinski definition) is 2. The van der Waals surface area contributed by atoms with E-state index in [1.165, 1.54) is 11.1 Å². The molecule has 0 saturated carbocycles. The van der Waals surface area contributed by atoms with Gasteiger partial charge in [0.2, 0.25) is 0 Å². The van der Waals surface area contributed by atoms with Gasteiger partial charge in [0.1, 0.15) is 11.4 Å². The molecule has 0 saturated heterocycles. The molecule has 2 heteroatoms. The molecule has 2 nitrogen and oxygen atoms in total. The summed E-state index contributed by atoms with van der Waals surface area (Å²) in [6.07, 6.45) is 1.11. The van der Waals surface area contributed by atoms with Gasteiger partial charge < -0.3 is 10.1 Å². The quantitative estimate of drug-likeness (QED) is 0.760. The van der Waals surface area contributed by atoms with Crippen molar-refractivity contribution in [2.75, 3.05) is 6.54 Å². The molecule has 0 aromatic heterocycles. The first-order valence-electron chi connectivity index (χ1n) is 5.57. The number of rotatable bonds is 1. The molecular formula is C13H19NO. The molecule has 1 N–H and O–H groups in total. The van der Waals surface area contributed by atoms with Gasteiger partial charge in [-0.15, -0.1) is 0 Å². The van der Waals surface area contributed by atoms with Crippen molar-refractivity contribution in [2.45, 2.75) is 39.3 Å². The highest BCUT2D eigenvalue weighted by atomic mass is 16.5. The highest BCUT2D eigenvalue weighted by Gasteiger charge is 2.18. The topological polar surface area (TPSA) is 21.3 Å². The third kappa shape index (κ3) is 2.51. The van der Waals surface area contributed by atoms with Crippen LogP contribution in [0.3, 0.4) is 0 Å². The van der Waals surface area contributed by atoms with Gasteiger partial charge in [-0.3, -0.25) is 0 Å². The van der Waals surface area contributed by atoms with Crippen LogP contribution in [0.5, 0.6) is 5.75 Å². The van der Waals surface area contributed by atoms with E-state index in [9.17, 15) is 0 Å². The van der Waals surface area contributed by atoms with Gasteiger partial charge >= 0.3 is 0 Å². The summed E-state index contributed by atoms with van der Waals surface area (Å²) in [5, 5.41) is 3.39. The fraction of sp³-hybridized carbons (Fsp3) is 0.538. The van der Waals surface area contributed by atoms with Crippen LogP contribution >= 0.6 is 0 Å². The molecule has 82 valence electrons. The van der Waals surface area contributed by atoms with Crippen molar-refractivity contribution >= 4 is 0 Å². The van der Waals surface area contributed by atoms with Crippen LogP contribution in [-0.2, 0) is 13.0 Å². The lowest BCUT2D eigenvalue weighted by Gasteiger charge is -2.26. The monoisotopic (exact) mass is 205 g/mol. The summed E-state index contributed by atoms with van der Waals surface area (Å²) in [7, 11) is 0. The first-order chi connectivity index (χ1) is 7.06. The lowest BCUT2D eigenvalue weighted by Crippen LogP contribution is -2.28. The zero-order chi connectivity index (χ0) is 10.9. The second-order valence-electron chi connectivity index (χ2n) is 5.04. The van der Waals surface area contributed by atoms with Gasteiger partial charge in [0.15, 0.2) is 0 Å². The van der Waals surface area contributed by atoms with E-state index in [4.69, 9.17) is 4.74 Å². The molecule has 1 aliphatic heterocycles. The zero-order valence-electron chi connectivity index (χ0n) is 9.76. The van der Waals surface area contributed by atoms with Gasteiger partial charge in [-0.1, -0.05) is 12.1 Å². The maximum Gasteiger partial charge on any atom is 0.124 e. The average molecular weight is 205 g/mol. The van der Waals surface area contributed by atoms with Crippen molar-refractivity contribution in [3.8, 4) is 5.75 Å². The van der Waals surface area contributed by atoms with Crippen LogP contribution in [0.25, 0.3) is 0 Å². The molecule has 0 atom stereocenters. The molecule has 0 aliphatic carbocycles. The normalized spacial score (nSPS) is 15.9. The Hall–Kier alpha value is -1.02. The number of nitrogens with one attached hydrogen (secondary N) is 1.